The van der Waals surface area contributed by atoms with E-state index in [1.807, 2.05) is 0 Å². The van der Waals surface area contributed by atoms with Crippen molar-refractivity contribution < 1.29 is 9.90 Å². The van der Waals surface area contributed by atoms with Crippen LogP contribution in [0.3, 0.4) is 0 Å². The molecule has 0 saturated carbocycles. The van der Waals surface area contributed by atoms with Crippen molar-refractivity contribution in [2.75, 3.05) is 13.1 Å². The van der Waals surface area contributed by atoms with Gasteiger partial charge in [-0.25, -0.2) is 4.79 Å². The Morgan fingerprint density at radius 1 is 1.67 bits per heavy atom. The van der Waals surface area contributed by atoms with Crippen molar-refractivity contribution in [1.29, 1.82) is 0 Å². The molecule has 70 valence electrons. The van der Waals surface area contributed by atoms with Crippen molar-refractivity contribution in [2.24, 2.45) is 5.41 Å². The Hall–Kier alpha value is -0.770. The van der Waals surface area contributed by atoms with Crippen LogP contribution >= 0.6 is 0 Å². The van der Waals surface area contributed by atoms with E-state index < -0.39 is 6.09 Å². The highest BCUT2D eigenvalue weighted by Crippen LogP contribution is 2.23. The van der Waals surface area contributed by atoms with Gasteiger partial charge in [-0.2, -0.15) is 0 Å². The van der Waals surface area contributed by atoms with Gasteiger partial charge in [0.25, 0.3) is 0 Å². The second-order valence-electron chi connectivity index (χ2n) is 4.15. The molecule has 0 radical (unpaired) electrons. The summed E-state index contributed by atoms with van der Waals surface area (Å²) in [6.07, 6.45) is -0.0220. The molecule has 0 aromatic rings. The summed E-state index contributed by atoms with van der Waals surface area (Å²) in [5, 5.41) is 14.2. The topological polar surface area (TPSA) is 61.4 Å². The molecule has 0 aliphatic carbocycles. The number of piperidine rings is 1. The van der Waals surface area contributed by atoms with Crippen molar-refractivity contribution in [2.45, 2.75) is 26.3 Å². The number of rotatable bonds is 1. The van der Waals surface area contributed by atoms with Crippen molar-refractivity contribution in [3.05, 3.63) is 0 Å². The van der Waals surface area contributed by atoms with Gasteiger partial charge < -0.3 is 15.7 Å². The largest absolute Gasteiger partial charge is 0.465 e. The second kappa shape index (κ2) is 3.31. The Balaban J connectivity index is 2.41. The standard InChI is InChI=1S/C8H16N2O2/c1-8(2)3-6(4-9-5-8)10-7(11)12/h6,9-10H,3-5H2,1-2H3,(H,11,12)/t6-/m0/s1. The molecular weight excluding hydrogens is 156 g/mol. The first-order valence-electron chi connectivity index (χ1n) is 4.20. The monoisotopic (exact) mass is 172 g/mol. The van der Waals surface area contributed by atoms with E-state index in [1.54, 1.807) is 0 Å². The molecule has 3 N–H and O–H groups in total. The Labute approximate surface area is 72.3 Å². The molecule has 1 aliphatic rings. The molecule has 1 aliphatic heterocycles. The average Bonchev–Trinajstić information content (AvgIpc) is 1.82. The highest BCUT2D eigenvalue weighted by molar-refractivity contribution is 5.64. The minimum atomic E-state index is -0.931. The lowest BCUT2D eigenvalue weighted by Crippen LogP contribution is -2.51. The van der Waals surface area contributed by atoms with Crippen molar-refractivity contribution in [3.63, 3.8) is 0 Å². The molecule has 1 saturated heterocycles. The van der Waals surface area contributed by atoms with Gasteiger partial charge in [-0.15, -0.1) is 0 Å². The van der Waals surface area contributed by atoms with E-state index in [0.29, 0.717) is 0 Å². The van der Waals surface area contributed by atoms with Crippen LogP contribution in [0.25, 0.3) is 0 Å². The zero-order valence-electron chi connectivity index (χ0n) is 7.55. The predicted molar refractivity (Wildman–Crippen MR) is 46.2 cm³/mol. The van der Waals surface area contributed by atoms with Gasteiger partial charge in [0.1, 0.15) is 0 Å². The molecule has 1 fully saturated rings. The van der Waals surface area contributed by atoms with E-state index in [9.17, 15) is 4.79 Å². The Kier molecular flexibility index (Phi) is 2.57. The quantitative estimate of drug-likeness (QED) is 0.544. The molecule has 1 heterocycles. The fourth-order valence-electron chi connectivity index (χ4n) is 1.67. The van der Waals surface area contributed by atoms with Crippen LogP contribution in [-0.4, -0.2) is 30.3 Å². The number of amides is 1. The van der Waals surface area contributed by atoms with Crippen LogP contribution in [0.5, 0.6) is 0 Å². The van der Waals surface area contributed by atoms with Crippen LogP contribution in [-0.2, 0) is 0 Å². The Bertz CT molecular complexity index is 180. The Morgan fingerprint density at radius 3 is 2.83 bits per heavy atom. The van der Waals surface area contributed by atoms with Crippen LogP contribution in [0.2, 0.25) is 0 Å². The summed E-state index contributed by atoms with van der Waals surface area (Å²) in [6, 6.07) is 0.0613. The van der Waals surface area contributed by atoms with Crippen molar-refractivity contribution in [1.82, 2.24) is 10.6 Å². The van der Waals surface area contributed by atoms with Gasteiger partial charge in [0.05, 0.1) is 0 Å². The number of hydrogen-bond acceptors (Lipinski definition) is 2. The van der Waals surface area contributed by atoms with Crippen LogP contribution in [0.1, 0.15) is 20.3 Å². The first-order valence-corrected chi connectivity index (χ1v) is 4.20. The van der Waals surface area contributed by atoms with E-state index in [4.69, 9.17) is 5.11 Å². The van der Waals surface area contributed by atoms with E-state index >= 15 is 0 Å². The van der Waals surface area contributed by atoms with Crippen LogP contribution in [0.4, 0.5) is 4.79 Å². The van der Waals surface area contributed by atoms with Gasteiger partial charge in [-0.05, 0) is 11.8 Å². The zero-order valence-corrected chi connectivity index (χ0v) is 7.55. The normalized spacial score (nSPS) is 28.0. The number of carboxylic acid groups (broad SMARTS) is 1. The predicted octanol–water partition coefficient (Wildman–Crippen LogP) is 0.642. The van der Waals surface area contributed by atoms with E-state index in [1.165, 1.54) is 0 Å². The maximum absolute atomic E-state index is 10.3. The summed E-state index contributed by atoms with van der Waals surface area (Å²) in [5.74, 6) is 0. The summed E-state index contributed by atoms with van der Waals surface area (Å²) in [5.41, 5.74) is 0.200. The molecule has 12 heavy (non-hydrogen) atoms. The molecular formula is C8H16N2O2. The molecule has 0 spiro atoms. The lowest BCUT2D eigenvalue weighted by atomic mass is 9.83. The van der Waals surface area contributed by atoms with Gasteiger partial charge in [-0.3, -0.25) is 0 Å². The number of hydrogen-bond donors (Lipinski definition) is 3. The SMILES string of the molecule is CC1(C)CNC[C@@H](NC(=O)O)C1. The van der Waals surface area contributed by atoms with Gasteiger partial charge in [-0.1, -0.05) is 13.8 Å². The molecule has 0 unspecified atom stereocenters. The highest BCUT2D eigenvalue weighted by atomic mass is 16.4. The summed E-state index contributed by atoms with van der Waals surface area (Å²) in [6.45, 7) is 5.98. The zero-order chi connectivity index (χ0) is 9.19. The van der Waals surface area contributed by atoms with Gasteiger partial charge in [0.2, 0.25) is 0 Å². The maximum Gasteiger partial charge on any atom is 0.404 e. The third-order valence-electron chi connectivity index (χ3n) is 2.12. The lowest BCUT2D eigenvalue weighted by molar-refractivity contribution is 0.172. The first kappa shape index (κ1) is 9.32. The summed E-state index contributed by atoms with van der Waals surface area (Å²) < 4.78 is 0. The van der Waals surface area contributed by atoms with Gasteiger partial charge in [0, 0.05) is 19.1 Å². The third kappa shape index (κ3) is 2.70. The van der Waals surface area contributed by atoms with E-state index in [-0.39, 0.29) is 11.5 Å². The fraction of sp³-hybridized carbons (Fsp3) is 0.875. The second-order valence-corrected chi connectivity index (χ2v) is 4.15. The first-order chi connectivity index (χ1) is 5.49. The average molecular weight is 172 g/mol. The van der Waals surface area contributed by atoms with E-state index in [0.717, 1.165) is 19.5 Å². The molecule has 0 aromatic heterocycles. The smallest absolute Gasteiger partial charge is 0.404 e. The fourth-order valence-corrected chi connectivity index (χ4v) is 1.67. The van der Waals surface area contributed by atoms with Crippen LogP contribution < -0.4 is 10.6 Å². The number of carbonyl (C=O) groups is 1. The van der Waals surface area contributed by atoms with Crippen LogP contribution in [0.15, 0.2) is 0 Å². The minimum absolute atomic E-state index is 0.0613. The van der Waals surface area contributed by atoms with Gasteiger partial charge in [0.15, 0.2) is 0 Å². The lowest BCUT2D eigenvalue weighted by Gasteiger charge is -2.35. The molecule has 0 aromatic carbocycles. The summed E-state index contributed by atoms with van der Waals surface area (Å²) >= 11 is 0. The van der Waals surface area contributed by atoms with Gasteiger partial charge >= 0.3 is 6.09 Å². The molecule has 1 rings (SSSR count). The summed E-state index contributed by atoms with van der Waals surface area (Å²) in [7, 11) is 0. The van der Waals surface area contributed by atoms with E-state index in [2.05, 4.69) is 24.5 Å². The molecule has 1 amide bonds. The highest BCUT2D eigenvalue weighted by Gasteiger charge is 2.28. The third-order valence-corrected chi connectivity index (χ3v) is 2.12. The molecule has 1 atom stereocenters. The summed E-state index contributed by atoms with van der Waals surface area (Å²) in [4.78, 5) is 10.3. The van der Waals surface area contributed by atoms with Crippen LogP contribution in [0, 0.1) is 5.41 Å². The van der Waals surface area contributed by atoms with Crippen molar-refractivity contribution in [3.8, 4) is 0 Å². The molecule has 0 bridgehead atoms. The maximum atomic E-state index is 10.3. The molecule has 4 nitrogen and oxygen atoms in total. The Morgan fingerprint density at radius 2 is 2.33 bits per heavy atom. The molecule has 4 heteroatoms. The minimum Gasteiger partial charge on any atom is -0.465 e. The van der Waals surface area contributed by atoms with Crippen molar-refractivity contribution >= 4 is 6.09 Å². The number of nitrogens with one attached hydrogen (secondary N) is 2.